The summed E-state index contributed by atoms with van der Waals surface area (Å²) in [5, 5.41) is 22.7. The molecule has 0 aliphatic carbocycles. The number of likely N-dealkylation sites (N-methyl/N-ethyl adjacent to an activating group) is 1. The van der Waals surface area contributed by atoms with E-state index in [0.717, 1.165) is 0 Å². The average Bonchev–Trinajstić information content (AvgIpc) is 2.75. The fraction of sp³-hybridized carbons (Fsp3) is 0.478. The van der Waals surface area contributed by atoms with Gasteiger partial charge in [-0.1, -0.05) is 12.1 Å². The third-order valence-electron chi connectivity index (χ3n) is 5.60. The van der Waals surface area contributed by atoms with Gasteiger partial charge in [-0.15, -0.1) is 11.8 Å². The molecule has 190 valence electrons. The zero-order valence-corrected chi connectivity index (χ0v) is 20.8. The van der Waals surface area contributed by atoms with Gasteiger partial charge in [0.2, 0.25) is 5.91 Å². The molecule has 0 bridgehead atoms. The number of amides is 2. The number of carboxylic acid groups (broad SMARTS) is 1. The number of ether oxygens (including phenoxy) is 1. The van der Waals surface area contributed by atoms with Crippen molar-refractivity contribution >= 4 is 35.5 Å². The van der Waals surface area contributed by atoms with Crippen LogP contribution in [0, 0.1) is 0 Å². The zero-order chi connectivity index (χ0) is 26.1. The Morgan fingerprint density at radius 1 is 1.29 bits per heavy atom. The molecule has 3 rings (SSSR count). The largest absolute Gasteiger partial charge is 0.550 e. The summed E-state index contributed by atoms with van der Waals surface area (Å²) in [5.74, 6) is -2.72. The molecule has 1 saturated heterocycles. The predicted molar refractivity (Wildman–Crippen MR) is 125 cm³/mol. The number of nitrogens with zero attached hydrogens (tertiary/aromatic N) is 2. The molecule has 2 amide bonds. The minimum absolute atomic E-state index is 0.0367. The van der Waals surface area contributed by atoms with E-state index in [1.54, 1.807) is 6.92 Å². The van der Waals surface area contributed by atoms with Crippen LogP contribution in [-0.4, -0.2) is 89.2 Å². The van der Waals surface area contributed by atoms with Gasteiger partial charge in [0.25, 0.3) is 5.91 Å². The maximum Gasteiger partial charge on any atom is 0.355 e. The number of phenolic OH excluding ortho intramolecular Hbond substituents is 1. The van der Waals surface area contributed by atoms with Crippen molar-refractivity contribution in [3.63, 3.8) is 0 Å². The average molecular weight is 507 g/mol. The van der Waals surface area contributed by atoms with Crippen molar-refractivity contribution in [2.24, 2.45) is 5.73 Å². The summed E-state index contributed by atoms with van der Waals surface area (Å²) in [6, 6.07) is 3.93. The lowest BCUT2D eigenvalue weighted by atomic mass is 10.0. The molecule has 0 saturated carbocycles. The van der Waals surface area contributed by atoms with E-state index < -0.39 is 53.7 Å². The van der Waals surface area contributed by atoms with Gasteiger partial charge in [-0.05, 0) is 30.2 Å². The number of carbonyl (C=O) groups is 4. The molecule has 1 aromatic rings. The number of nitrogens with one attached hydrogen (secondary N) is 1. The number of carboxylic acids is 1. The van der Waals surface area contributed by atoms with E-state index in [-0.39, 0.29) is 18.0 Å². The standard InChI is InChI=1S/C23H30N4O7S/c1-12-11-35-22-18(25-20(31)17(24)13-5-7-14(28)8-6-13)21(32)26(22)19(12)23(33)34-15(9-16(29)30)10-27(2,3)4/h5-8,15,17-18,22H,9-11,24H2,1-4H3,(H2-,25,28,29,30,31)/t15?,17-,18-,22-/m1/s1. The van der Waals surface area contributed by atoms with E-state index in [0.29, 0.717) is 21.4 Å². The summed E-state index contributed by atoms with van der Waals surface area (Å²) in [5.41, 5.74) is 7.16. The summed E-state index contributed by atoms with van der Waals surface area (Å²) in [6.07, 6.45) is -1.40. The number of hydrogen-bond donors (Lipinski definition) is 3. The summed E-state index contributed by atoms with van der Waals surface area (Å²) >= 11 is 1.39. The molecule has 1 unspecified atom stereocenters. The van der Waals surface area contributed by atoms with E-state index in [9.17, 15) is 29.4 Å². The number of thioether (sulfide) groups is 1. The van der Waals surface area contributed by atoms with Gasteiger partial charge in [-0.3, -0.25) is 14.5 Å². The first-order valence-corrected chi connectivity index (χ1v) is 12.0. The highest BCUT2D eigenvalue weighted by atomic mass is 32.2. The molecule has 35 heavy (non-hydrogen) atoms. The Kier molecular flexibility index (Phi) is 7.77. The topological polar surface area (TPSA) is 162 Å². The Bertz CT molecular complexity index is 1050. The fourth-order valence-corrected chi connectivity index (χ4v) is 5.28. The second-order valence-corrected chi connectivity index (χ2v) is 10.8. The van der Waals surface area contributed by atoms with Crippen LogP contribution in [0.3, 0.4) is 0 Å². The first-order chi connectivity index (χ1) is 16.3. The molecule has 1 aromatic carbocycles. The van der Waals surface area contributed by atoms with Crippen molar-refractivity contribution in [1.29, 1.82) is 0 Å². The van der Waals surface area contributed by atoms with E-state index in [1.165, 1.54) is 40.9 Å². The second-order valence-electron chi connectivity index (χ2n) is 9.67. The van der Waals surface area contributed by atoms with Gasteiger partial charge in [0.05, 0.1) is 21.1 Å². The number of hydrogen-bond acceptors (Lipinski definition) is 9. The smallest absolute Gasteiger partial charge is 0.355 e. The Morgan fingerprint density at radius 3 is 2.49 bits per heavy atom. The normalized spacial score (nSPS) is 21.5. The minimum Gasteiger partial charge on any atom is -0.550 e. The highest BCUT2D eigenvalue weighted by molar-refractivity contribution is 8.00. The molecular weight excluding hydrogens is 476 g/mol. The van der Waals surface area contributed by atoms with Crippen LogP contribution < -0.4 is 16.2 Å². The highest BCUT2D eigenvalue weighted by Gasteiger charge is 2.54. The number of carbonyl (C=O) groups excluding carboxylic acids is 4. The molecule has 2 aliphatic rings. The fourth-order valence-electron chi connectivity index (χ4n) is 3.99. The summed E-state index contributed by atoms with van der Waals surface area (Å²) < 4.78 is 5.87. The molecule has 4 N–H and O–H groups in total. The number of phenols is 1. The van der Waals surface area contributed by atoms with Crippen LogP contribution in [0.2, 0.25) is 0 Å². The minimum atomic E-state index is -1.34. The van der Waals surface area contributed by atoms with Crippen molar-refractivity contribution in [3.05, 3.63) is 41.1 Å². The van der Waals surface area contributed by atoms with Gasteiger partial charge in [-0.2, -0.15) is 0 Å². The van der Waals surface area contributed by atoms with Crippen LogP contribution in [0.25, 0.3) is 0 Å². The van der Waals surface area contributed by atoms with Crippen molar-refractivity contribution in [3.8, 4) is 5.75 Å². The van der Waals surface area contributed by atoms with E-state index in [4.69, 9.17) is 10.5 Å². The van der Waals surface area contributed by atoms with Crippen molar-refractivity contribution in [1.82, 2.24) is 10.2 Å². The third-order valence-corrected chi connectivity index (χ3v) is 7.03. The van der Waals surface area contributed by atoms with Crippen LogP contribution in [0.15, 0.2) is 35.5 Å². The maximum atomic E-state index is 13.0. The summed E-state index contributed by atoms with van der Waals surface area (Å²) in [7, 11) is 5.51. The maximum absolute atomic E-state index is 13.0. The number of aromatic hydroxyl groups is 1. The Balaban J connectivity index is 1.70. The van der Waals surface area contributed by atoms with Crippen molar-refractivity contribution in [2.45, 2.75) is 36.9 Å². The van der Waals surface area contributed by atoms with Crippen LogP contribution in [0.5, 0.6) is 5.75 Å². The SMILES string of the molecule is CC1=C(C(=O)OC(CC(=O)[O-])C[N+](C)(C)C)N2C(=O)[C@@H](NC(=O)[C@H](N)c3ccc(O)cc3)[C@H]2SC1. The Hall–Kier alpha value is -3.09. The molecule has 0 aromatic heterocycles. The summed E-state index contributed by atoms with van der Waals surface area (Å²) in [6.45, 7) is 1.94. The summed E-state index contributed by atoms with van der Waals surface area (Å²) in [4.78, 5) is 51.1. The molecule has 0 radical (unpaired) electrons. The monoisotopic (exact) mass is 506 g/mol. The number of nitrogens with two attached hydrogens (primary N) is 1. The first-order valence-electron chi connectivity index (χ1n) is 11.0. The van der Waals surface area contributed by atoms with E-state index in [1.807, 2.05) is 21.1 Å². The number of rotatable bonds is 9. The first kappa shape index (κ1) is 26.5. The van der Waals surface area contributed by atoms with E-state index in [2.05, 4.69) is 5.32 Å². The molecule has 2 aliphatic heterocycles. The number of esters is 1. The van der Waals surface area contributed by atoms with Crippen molar-refractivity contribution in [2.75, 3.05) is 33.4 Å². The molecule has 2 heterocycles. The van der Waals surface area contributed by atoms with Gasteiger partial charge in [0, 0.05) is 18.1 Å². The Labute approximate surface area is 207 Å². The lowest BCUT2D eigenvalue weighted by Gasteiger charge is -2.49. The Morgan fingerprint density at radius 2 is 1.91 bits per heavy atom. The van der Waals surface area contributed by atoms with Crippen LogP contribution in [0.4, 0.5) is 0 Å². The third kappa shape index (κ3) is 6.13. The lowest BCUT2D eigenvalue weighted by molar-refractivity contribution is -0.873. The zero-order valence-electron chi connectivity index (χ0n) is 20.0. The number of β-lactam (4-membered cyclic amide) rings is 1. The van der Waals surface area contributed by atoms with Gasteiger partial charge in [0.1, 0.15) is 35.4 Å². The predicted octanol–water partition coefficient (Wildman–Crippen LogP) is -1.18. The highest BCUT2D eigenvalue weighted by Crippen LogP contribution is 2.40. The van der Waals surface area contributed by atoms with Gasteiger partial charge >= 0.3 is 5.97 Å². The molecule has 11 nitrogen and oxygen atoms in total. The van der Waals surface area contributed by atoms with Crippen LogP contribution in [0.1, 0.15) is 24.9 Å². The molecule has 4 atom stereocenters. The number of aliphatic carboxylic acids is 1. The van der Waals surface area contributed by atoms with Crippen LogP contribution >= 0.6 is 11.8 Å². The lowest BCUT2D eigenvalue weighted by Crippen LogP contribution is -2.71. The second kappa shape index (κ2) is 10.3. The molecular formula is C23H30N4O7S. The quantitative estimate of drug-likeness (QED) is 0.213. The number of benzene rings is 1. The van der Waals surface area contributed by atoms with E-state index >= 15 is 0 Å². The molecule has 1 fully saturated rings. The molecule has 0 spiro atoms. The molecule has 12 heteroatoms. The van der Waals surface area contributed by atoms with Gasteiger partial charge < -0.3 is 35.3 Å². The number of quaternary nitrogens is 1. The van der Waals surface area contributed by atoms with Gasteiger partial charge in [0.15, 0.2) is 6.10 Å². The van der Waals surface area contributed by atoms with Crippen molar-refractivity contribution < 1.29 is 38.6 Å². The number of fused-ring (bicyclic) bond motifs is 1. The van der Waals surface area contributed by atoms with Crippen LogP contribution in [-0.2, 0) is 23.9 Å². The van der Waals surface area contributed by atoms with Gasteiger partial charge in [-0.25, -0.2) is 4.79 Å².